The summed E-state index contributed by atoms with van der Waals surface area (Å²) < 4.78 is 53.8. The van der Waals surface area contributed by atoms with Gasteiger partial charge < -0.3 is 10.5 Å². The van der Waals surface area contributed by atoms with Crippen molar-refractivity contribution in [1.29, 1.82) is 0 Å². The van der Waals surface area contributed by atoms with E-state index in [1.54, 1.807) is 6.07 Å². The Kier molecular flexibility index (Phi) is 5.80. The molecule has 0 saturated heterocycles. The third-order valence-corrected chi connectivity index (χ3v) is 2.85. The number of benzene rings is 1. The number of rotatable bonds is 7. The maximum absolute atomic E-state index is 12.8. The maximum Gasteiger partial charge on any atom is 0.461 e. The molecular weight excluding hydrogens is 274 g/mol. The standard InChI is InChI=1S/C14H19F4NO/c1-9(2)6-7-12(19)10-4-3-5-11(8-10)20-14(17,18)13(15)16/h3-5,8-9,12-13H,6-7,19H2,1-2H3/t12-/m1/s1. The van der Waals surface area contributed by atoms with Crippen LogP contribution in [0.2, 0.25) is 0 Å². The quantitative estimate of drug-likeness (QED) is 0.758. The second kappa shape index (κ2) is 6.92. The fraction of sp³-hybridized carbons (Fsp3) is 0.571. The number of ether oxygens (including phenoxy) is 1. The normalized spacial score (nSPS) is 13.8. The zero-order chi connectivity index (χ0) is 15.3. The summed E-state index contributed by atoms with van der Waals surface area (Å²) in [7, 11) is 0. The first-order chi connectivity index (χ1) is 9.22. The van der Waals surface area contributed by atoms with Crippen molar-refractivity contribution in [1.82, 2.24) is 0 Å². The molecule has 0 aliphatic heterocycles. The SMILES string of the molecule is CC(C)CC[C@@H](N)c1cccc(OC(F)(F)C(F)F)c1. The van der Waals surface area contributed by atoms with Gasteiger partial charge in [-0.3, -0.25) is 0 Å². The van der Waals surface area contributed by atoms with Crippen LogP contribution in [-0.2, 0) is 0 Å². The van der Waals surface area contributed by atoms with Crippen molar-refractivity contribution in [2.24, 2.45) is 11.7 Å². The minimum Gasteiger partial charge on any atom is -0.428 e. The monoisotopic (exact) mass is 293 g/mol. The van der Waals surface area contributed by atoms with Crippen LogP contribution in [-0.4, -0.2) is 12.5 Å². The summed E-state index contributed by atoms with van der Waals surface area (Å²) in [5.41, 5.74) is 6.54. The Hall–Kier alpha value is -1.30. The third kappa shape index (κ3) is 5.00. The van der Waals surface area contributed by atoms with Crippen molar-refractivity contribution < 1.29 is 22.3 Å². The smallest absolute Gasteiger partial charge is 0.428 e. The first-order valence-electron chi connectivity index (χ1n) is 6.43. The van der Waals surface area contributed by atoms with Crippen molar-refractivity contribution >= 4 is 0 Å². The van der Waals surface area contributed by atoms with E-state index in [2.05, 4.69) is 18.6 Å². The van der Waals surface area contributed by atoms with E-state index < -0.39 is 12.5 Å². The minimum atomic E-state index is -4.50. The Morgan fingerprint density at radius 3 is 2.40 bits per heavy atom. The fourth-order valence-corrected chi connectivity index (χ4v) is 1.69. The van der Waals surface area contributed by atoms with Crippen molar-refractivity contribution in [3.63, 3.8) is 0 Å². The molecule has 1 aromatic rings. The van der Waals surface area contributed by atoms with Crippen LogP contribution < -0.4 is 10.5 Å². The van der Waals surface area contributed by atoms with Gasteiger partial charge in [-0.2, -0.15) is 17.6 Å². The molecule has 0 saturated carbocycles. The van der Waals surface area contributed by atoms with Crippen LogP contribution in [0.3, 0.4) is 0 Å². The van der Waals surface area contributed by atoms with Crippen LogP contribution in [0.25, 0.3) is 0 Å². The van der Waals surface area contributed by atoms with Crippen LogP contribution in [0.4, 0.5) is 17.6 Å². The number of hydrogen-bond donors (Lipinski definition) is 1. The predicted octanol–water partition coefficient (Wildman–Crippen LogP) is 4.36. The van der Waals surface area contributed by atoms with Crippen molar-refractivity contribution in [2.45, 2.75) is 45.3 Å². The van der Waals surface area contributed by atoms with Gasteiger partial charge in [0.25, 0.3) is 0 Å². The zero-order valence-corrected chi connectivity index (χ0v) is 11.5. The molecule has 1 atom stereocenters. The molecule has 0 amide bonds. The Morgan fingerprint density at radius 1 is 1.20 bits per heavy atom. The Bertz CT molecular complexity index is 423. The molecule has 6 heteroatoms. The van der Waals surface area contributed by atoms with Crippen molar-refractivity contribution in [2.75, 3.05) is 0 Å². The Labute approximate surface area is 115 Å². The average molecular weight is 293 g/mol. The van der Waals surface area contributed by atoms with Crippen LogP contribution in [0.1, 0.15) is 38.3 Å². The molecule has 0 spiro atoms. The molecule has 20 heavy (non-hydrogen) atoms. The predicted molar refractivity (Wildman–Crippen MR) is 69.0 cm³/mol. The lowest BCUT2D eigenvalue weighted by Crippen LogP contribution is -2.33. The van der Waals surface area contributed by atoms with Gasteiger partial charge >= 0.3 is 12.5 Å². The van der Waals surface area contributed by atoms with Gasteiger partial charge in [0.05, 0.1) is 0 Å². The van der Waals surface area contributed by atoms with Crippen LogP contribution in [0.15, 0.2) is 24.3 Å². The van der Waals surface area contributed by atoms with Gasteiger partial charge in [-0.25, -0.2) is 0 Å². The highest BCUT2D eigenvalue weighted by molar-refractivity contribution is 5.30. The zero-order valence-electron chi connectivity index (χ0n) is 11.5. The second-order valence-corrected chi connectivity index (χ2v) is 5.11. The first-order valence-corrected chi connectivity index (χ1v) is 6.43. The topological polar surface area (TPSA) is 35.2 Å². The van der Waals surface area contributed by atoms with E-state index >= 15 is 0 Å². The van der Waals surface area contributed by atoms with E-state index in [0.29, 0.717) is 17.9 Å². The van der Waals surface area contributed by atoms with Gasteiger partial charge in [-0.1, -0.05) is 26.0 Å². The highest BCUT2D eigenvalue weighted by atomic mass is 19.3. The van der Waals surface area contributed by atoms with Gasteiger partial charge in [-0.15, -0.1) is 0 Å². The van der Waals surface area contributed by atoms with Crippen molar-refractivity contribution in [3.05, 3.63) is 29.8 Å². The summed E-state index contributed by atoms with van der Waals surface area (Å²) in [4.78, 5) is 0. The van der Waals surface area contributed by atoms with Gasteiger partial charge in [0.15, 0.2) is 0 Å². The Morgan fingerprint density at radius 2 is 1.85 bits per heavy atom. The molecule has 0 aliphatic rings. The number of nitrogens with two attached hydrogens (primary N) is 1. The van der Waals surface area contributed by atoms with Gasteiger partial charge in [0.1, 0.15) is 5.75 Å². The Balaban J connectivity index is 2.75. The lowest BCUT2D eigenvalue weighted by molar-refractivity contribution is -0.253. The minimum absolute atomic E-state index is 0.312. The lowest BCUT2D eigenvalue weighted by atomic mass is 9.98. The summed E-state index contributed by atoms with van der Waals surface area (Å²) >= 11 is 0. The molecule has 0 heterocycles. The highest BCUT2D eigenvalue weighted by Gasteiger charge is 2.43. The average Bonchev–Trinajstić information content (AvgIpc) is 2.35. The summed E-state index contributed by atoms with van der Waals surface area (Å²) in [5.74, 6) is 0.163. The molecule has 0 aliphatic carbocycles. The first kappa shape index (κ1) is 16.8. The maximum atomic E-state index is 12.8. The fourth-order valence-electron chi connectivity index (χ4n) is 1.69. The largest absolute Gasteiger partial charge is 0.461 e. The van der Waals surface area contributed by atoms with E-state index in [1.165, 1.54) is 18.2 Å². The molecule has 1 rings (SSSR count). The van der Waals surface area contributed by atoms with E-state index in [0.717, 1.165) is 6.42 Å². The van der Waals surface area contributed by atoms with Crippen LogP contribution in [0, 0.1) is 5.92 Å². The molecule has 1 aromatic carbocycles. The highest BCUT2D eigenvalue weighted by Crippen LogP contribution is 2.29. The molecule has 0 fully saturated rings. The van der Waals surface area contributed by atoms with E-state index in [4.69, 9.17) is 5.73 Å². The van der Waals surface area contributed by atoms with Crippen molar-refractivity contribution in [3.8, 4) is 5.75 Å². The second-order valence-electron chi connectivity index (χ2n) is 5.11. The molecular formula is C14H19F4NO. The molecule has 0 aromatic heterocycles. The van der Waals surface area contributed by atoms with Crippen LogP contribution >= 0.6 is 0 Å². The summed E-state index contributed by atoms with van der Waals surface area (Å²) in [6, 6.07) is 5.27. The molecule has 0 radical (unpaired) electrons. The van der Waals surface area contributed by atoms with Crippen LogP contribution in [0.5, 0.6) is 5.75 Å². The molecule has 2 N–H and O–H groups in total. The third-order valence-electron chi connectivity index (χ3n) is 2.85. The molecule has 0 unspecified atom stereocenters. The molecule has 2 nitrogen and oxygen atoms in total. The van der Waals surface area contributed by atoms with Gasteiger partial charge in [-0.05, 0) is 36.5 Å². The van der Waals surface area contributed by atoms with E-state index in [1.807, 2.05) is 0 Å². The number of hydrogen-bond acceptors (Lipinski definition) is 2. The summed E-state index contributed by atoms with van der Waals surface area (Å²) in [6.07, 6.45) is -6.80. The number of halogens is 4. The van der Waals surface area contributed by atoms with E-state index in [9.17, 15) is 17.6 Å². The van der Waals surface area contributed by atoms with Gasteiger partial charge in [0, 0.05) is 6.04 Å². The summed E-state index contributed by atoms with van der Waals surface area (Å²) in [6.45, 7) is 4.10. The van der Waals surface area contributed by atoms with E-state index in [-0.39, 0.29) is 11.8 Å². The molecule has 0 bridgehead atoms. The number of alkyl halides is 4. The lowest BCUT2D eigenvalue weighted by Gasteiger charge is -2.18. The molecule has 114 valence electrons. The summed E-state index contributed by atoms with van der Waals surface area (Å²) in [5, 5.41) is 0. The van der Waals surface area contributed by atoms with Gasteiger partial charge in [0.2, 0.25) is 0 Å².